The first-order valence-corrected chi connectivity index (χ1v) is 15.8. The van der Waals surface area contributed by atoms with Gasteiger partial charge >= 0.3 is 0 Å². The molecule has 0 amide bonds. The third-order valence-electron chi connectivity index (χ3n) is 9.19. The molecule has 5 aromatic carbocycles. The molecule has 4 heteroatoms. The Hall–Kier alpha value is -6.18. The normalized spacial score (nSPS) is 12.6. The number of hydrogen-bond donors (Lipinski definition) is 0. The van der Waals surface area contributed by atoms with Crippen molar-refractivity contribution >= 4 is 0 Å². The molecule has 0 radical (unpaired) electrons. The van der Waals surface area contributed by atoms with Crippen molar-refractivity contribution in [3.63, 3.8) is 0 Å². The zero-order chi connectivity index (χ0) is 32.0. The van der Waals surface area contributed by atoms with Crippen LogP contribution in [-0.2, 0) is 5.41 Å². The fraction of sp³-hybridized carbons (Fsp3) is 0.0698. The Morgan fingerprint density at radius 3 is 2.04 bits per heavy atom. The molecule has 0 saturated heterocycles. The maximum atomic E-state index is 9.46. The van der Waals surface area contributed by atoms with Gasteiger partial charge in [0.25, 0.3) is 0 Å². The van der Waals surface area contributed by atoms with Crippen LogP contribution in [0.2, 0.25) is 0 Å². The first-order chi connectivity index (χ1) is 23.0. The molecule has 8 rings (SSSR count). The van der Waals surface area contributed by atoms with E-state index in [0.717, 1.165) is 50.5 Å². The van der Waals surface area contributed by atoms with Gasteiger partial charge in [0.1, 0.15) is 0 Å². The van der Waals surface area contributed by atoms with Crippen molar-refractivity contribution in [3.05, 3.63) is 162 Å². The van der Waals surface area contributed by atoms with Crippen LogP contribution >= 0.6 is 0 Å². The average Bonchev–Trinajstić information content (AvgIpc) is 3.37. The smallest absolute Gasteiger partial charge is 0.160 e. The molecule has 47 heavy (non-hydrogen) atoms. The Morgan fingerprint density at radius 1 is 0.511 bits per heavy atom. The number of nitrogens with zero attached hydrogens (tertiary/aromatic N) is 4. The molecule has 1 aliphatic rings. The van der Waals surface area contributed by atoms with Crippen LogP contribution in [-0.4, -0.2) is 15.0 Å². The van der Waals surface area contributed by atoms with E-state index in [1.165, 1.54) is 22.3 Å². The lowest BCUT2D eigenvalue weighted by atomic mass is 9.82. The minimum Gasteiger partial charge on any atom is -0.254 e. The molecule has 4 nitrogen and oxygen atoms in total. The van der Waals surface area contributed by atoms with E-state index in [4.69, 9.17) is 15.0 Å². The van der Waals surface area contributed by atoms with E-state index >= 15 is 0 Å². The fourth-order valence-corrected chi connectivity index (χ4v) is 6.79. The highest BCUT2D eigenvalue weighted by Crippen LogP contribution is 2.49. The van der Waals surface area contributed by atoms with Crippen molar-refractivity contribution in [3.8, 4) is 73.5 Å². The lowest BCUT2D eigenvalue weighted by Gasteiger charge is -2.21. The maximum Gasteiger partial charge on any atom is 0.160 e. The zero-order valence-corrected chi connectivity index (χ0v) is 26.1. The van der Waals surface area contributed by atoms with E-state index in [1.54, 1.807) is 0 Å². The number of nitriles is 1. The molecule has 0 aliphatic heterocycles. The van der Waals surface area contributed by atoms with Crippen LogP contribution in [0.1, 0.15) is 30.5 Å². The van der Waals surface area contributed by atoms with E-state index in [0.29, 0.717) is 11.4 Å². The minimum atomic E-state index is -0.0567. The lowest BCUT2D eigenvalue weighted by Crippen LogP contribution is -2.14. The van der Waals surface area contributed by atoms with Crippen molar-refractivity contribution in [2.24, 2.45) is 0 Å². The topological polar surface area (TPSA) is 62.5 Å². The Kier molecular flexibility index (Phi) is 6.82. The van der Waals surface area contributed by atoms with E-state index in [2.05, 4.69) is 86.6 Å². The molecule has 1 aliphatic carbocycles. The number of rotatable bonds is 5. The van der Waals surface area contributed by atoms with Crippen molar-refractivity contribution in [2.45, 2.75) is 19.3 Å². The van der Waals surface area contributed by atoms with Crippen LogP contribution in [0.15, 0.2) is 146 Å². The molecule has 0 atom stereocenters. The monoisotopic (exact) mass is 602 g/mol. The zero-order valence-electron chi connectivity index (χ0n) is 26.1. The minimum absolute atomic E-state index is 0.0567. The van der Waals surface area contributed by atoms with E-state index in [-0.39, 0.29) is 5.41 Å². The SMILES string of the molecule is CC1(C)c2ccccc2-c2cc(-c3cccnc3-c3cc(-c4cccc(-c5cccc(C#N)c5)c4)nc(-c4ccccc4)n3)ccc21. The van der Waals surface area contributed by atoms with Gasteiger partial charge in [0.2, 0.25) is 0 Å². The van der Waals surface area contributed by atoms with Crippen LogP contribution in [0.3, 0.4) is 0 Å². The first kappa shape index (κ1) is 28.3. The molecule has 0 fully saturated rings. The molecule has 0 bridgehead atoms. The van der Waals surface area contributed by atoms with Crippen LogP contribution in [0.25, 0.3) is 67.4 Å². The van der Waals surface area contributed by atoms with Crippen LogP contribution in [0.5, 0.6) is 0 Å². The summed E-state index contributed by atoms with van der Waals surface area (Å²) < 4.78 is 0. The molecule has 222 valence electrons. The van der Waals surface area contributed by atoms with Crippen molar-refractivity contribution in [2.75, 3.05) is 0 Å². The first-order valence-electron chi connectivity index (χ1n) is 15.8. The summed E-state index contributed by atoms with van der Waals surface area (Å²) in [6.45, 7) is 4.60. The summed E-state index contributed by atoms with van der Waals surface area (Å²) in [6.07, 6.45) is 1.83. The van der Waals surface area contributed by atoms with Gasteiger partial charge in [-0.05, 0) is 75.3 Å². The summed E-state index contributed by atoms with van der Waals surface area (Å²) in [5.41, 5.74) is 14.2. The predicted octanol–water partition coefficient (Wildman–Crippen LogP) is 10.4. The second kappa shape index (κ2) is 11.3. The summed E-state index contributed by atoms with van der Waals surface area (Å²) in [6, 6.07) is 49.9. The number of fused-ring (bicyclic) bond motifs is 3. The third-order valence-corrected chi connectivity index (χ3v) is 9.19. The highest BCUT2D eigenvalue weighted by molar-refractivity contribution is 5.88. The van der Waals surface area contributed by atoms with Gasteiger partial charge in [-0.25, -0.2) is 9.97 Å². The summed E-state index contributed by atoms with van der Waals surface area (Å²) in [7, 11) is 0. The Balaban J connectivity index is 1.29. The Morgan fingerprint density at radius 2 is 1.19 bits per heavy atom. The van der Waals surface area contributed by atoms with Gasteiger partial charge in [0.05, 0.1) is 28.7 Å². The van der Waals surface area contributed by atoms with E-state index in [9.17, 15) is 5.26 Å². The summed E-state index contributed by atoms with van der Waals surface area (Å²) >= 11 is 0. The highest BCUT2D eigenvalue weighted by atomic mass is 14.9. The van der Waals surface area contributed by atoms with Crippen LogP contribution in [0, 0.1) is 11.3 Å². The summed E-state index contributed by atoms with van der Waals surface area (Å²) in [5, 5.41) is 9.46. The maximum absolute atomic E-state index is 9.46. The summed E-state index contributed by atoms with van der Waals surface area (Å²) in [4.78, 5) is 15.1. The van der Waals surface area contributed by atoms with Crippen LogP contribution in [0.4, 0.5) is 0 Å². The van der Waals surface area contributed by atoms with Crippen molar-refractivity contribution < 1.29 is 0 Å². The van der Waals surface area contributed by atoms with Gasteiger partial charge in [0, 0.05) is 28.3 Å². The largest absolute Gasteiger partial charge is 0.254 e. The standard InChI is InChI=1S/C43H30N4/c1-43(2)37-19-7-6-17-35(37)36-25-32(20-21-38(36)43)34-18-10-22-45-41(34)40-26-39(46-42(47-40)29-12-4-3-5-13-29)33-16-9-15-31(24-33)30-14-8-11-28(23-30)27-44/h3-26H,1-2H3. The fourth-order valence-electron chi connectivity index (χ4n) is 6.79. The molecule has 2 aromatic heterocycles. The van der Waals surface area contributed by atoms with Gasteiger partial charge in [-0.1, -0.05) is 117 Å². The van der Waals surface area contributed by atoms with Gasteiger partial charge in [0.15, 0.2) is 5.82 Å². The number of pyridine rings is 1. The molecular weight excluding hydrogens is 573 g/mol. The van der Waals surface area contributed by atoms with Gasteiger partial charge < -0.3 is 0 Å². The number of benzene rings is 5. The molecule has 0 unspecified atom stereocenters. The molecule has 0 spiro atoms. The molecule has 7 aromatic rings. The second-order valence-corrected chi connectivity index (χ2v) is 12.4. The van der Waals surface area contributed by atoms with Gasteiger partial charge in [-0.3, -0.25) is 4.98 Å². The van der Waals surface area contributed by atoms with Gasteiger partial charge in [-0.15, -0.1) is 0 Å². The van der Waals surface area contributed by atoms with E-state index in [1.807, 2.05) is 79.0 Å². The van der Waals surface area contributed by atoms with Crippen LogP contribution < -0.4 is 0 Å². The van der Waals surface area contributed by atoms with Crippen molar-refractivity contribution in [1.82, 2.24) is 15.0 Å². The summed E-state index contributed by atoms with van der Waals surface area (Å²) in [5.74, 6) is 0.635. The van der Waals surface area contributed by atoms with E-state index < -0.39 is 0 Å². The Bertz CT molecular complexity index is 2350. The molecule has 0 N–H and O–H groups in total. The predicted molar refractivity (Wildman–Crippen MR) is 189 cm³/mol. The second-order valence-electron chi connectivity index (χ2n) is 12.4. The van der Waals surface area contributed by atoms with Gasteiger partial charge in [-0.2, -0.15) is 5.26 Å². The number of hydrogen-bond acceptors (Lipinski definition) is 4. The third kappa shape index (κ3) is 4.99. The quantitative estimate of drug-likeness (QED) is 0.197. The molecule has 0 saturated carbocycles. The lowest BCUT2D eigenvalue weighted by molar-refractivity contribution is 0.660. The molecule has 2 heterocycles. The van der Waals surface area contributed by atoms with Crippen molar-refractivity contribution in [1.29, 1.82) is 5.26 Å². The molecular formula is C43H30N4. The average molecular weight is 603 g/mol. The highest BCUT2D eigenvalue weighted by Gasteiger charge is 2.35. The Labute approximate surface area is 274 Å². The number of aromatic nitrogens is 3.